The molecule has 0 radical (unpaired) electrons. The van der Waals surface area contributed by atoms with Crippen molar-refractivity contribution >= 4 is 26.6 Å². The highest BCUT2D eigenvalue weighted by molar-refractivity contribution is 7.90. The Morgan fingerprint density at radius 2 is 2.04 bits per heavy atom. The highest BCUT2D eigenvalue weighted by atomic mass is 32.2. The van der Waals surface area contributed by atoms with E-state index in [0.717, 1.165) is 37.5 Å². The second-order valence-electron chi connectivity index (χ2n) is 7.20. The van der Waals surface area contributed by atoms with E-state index in [2.05, 4.69) is 30.0 Å². The third-order valence-corrected chi connectivity index (χ3v) is 6.20. The zero-order valence-corrected chi connectivity index (χ0v) is 16.7. The molecule has 0 fully saturated rings. The van der Waals surface area contributed by atoms with Crippen LogP contribution in [0.5, 0.6) is 0 Å². The number of hydrogen-bond acceptors (Lipinski definition) is 7. The molecule has 8 nitrogen and oxygen atoms in total. The Kier molecular flexibility index (Phi) is 5.25. The van der Waals surface area contributed by atoms with Crippen LogP contribution >= 0.6 is 0 Å². The second kappa shape index (κ2) is 7.83. The van der Waals surface area contributed by atoms with Gasteiger partial charge in [0.2, 0.25) is 0 Å². The van der Waals surface area contributed by atoms with E-state index in [4.69, 9.17) is 0 Å². The van der Waals surface area contributed by atoms with Crippen LogP contribution < -0.4 is 5.32 Å². The first-order chi connectivity index (χ1) is 13.5. The minimum Gasteiger partial charge on any atom is -0.369 e. The average molecular weight is 401 g/mol. The molecule has 0 saturated heterocycles. The van der Waals surface area contributed by atoms with Crippen LogP contribution in [0, 0.1) is 0 Å². The van der Waals surface area contributed by atoms with Crippen LogP contribution in [0.4, 0.5) is 5.82 Å². The molecule has 3 heterocycles. The first-order valence-corrected chi connectivity index (χ1v) is 11.5. The molecule has 0 amide bonds. The Balaban J connectivity index is 1.44. The summed E-state index contributed by atoms with van der Waals surface area (Å²) < 4.78 is 26.0. The van der Waals surface area contributed by atoms with Crippen molar-refractivity contribution in [3.05, 3.63) is 36.2 Å². The molecule has 2 aromatic heterocycles. The van der Waals surface area contributed by atoms with Gasteiger partial charge in [0.05, 0.1) is 10.4 Å². The molecule has 28 heavy (non-hydrogen) atoms. The third-order valence-electron chi connectivity index (χ3n) is 5.09. The van der Waals surface area contributed by atoms with Crippen molar-refractivity contribution in [2.45, 2.75) is 50.0 Å². The Labute approximate surface area is 164 Å². The molecule has 0 atom stereocenters. The lowest BCUT2D eigenvalue weighted by Gasteiger charge is -2.10. The molecule has 0 spiro atoms. The summed E-state index contributed by atoms with van der Waals surface area (Å²) in [5.41, 5.74) is 0.715. The summed E-state index contributed by atoms with van der Waals surface area (Å²) in [5, 5.41) is 12.7. The van der Waals surface area contributed by atoms with Crippen molar-refractivity contribution < 1.29 is 8.42 Å². The SMILES string of the molecule is CS(=O)(=O)c1ccc2ncnc(NCCCc3nnc4n3CCCCC4)c2c1. The molecule has 1 aliphatic heterocycles. The largest absolute Gasteiger partial charge is 0.369 e. The fourth-order valence-corrected chi connectivity index (χ4v) is 4.24. The minimum absolute atomic E-state index is 0.268. The third kappa shape index (κ3) is 3.99. The monoisotopic (exact) mass is 400 g/mol. The van der Waals surface area contributed by atoms with Gasteiger partial charge in [0.1, 0.15) is 23.8 Å². The van der Waals surface area contributed by atoms with E-state index in [1.165, 1.54) is 31.8 Å². The van der Waals surface area contributed by atoms with Gasteiger partial charge < -0.3 is 9.88 Å². The molecule has 0 aliphatic carbocycles. The second-order valence-corrected chi connectivity index (χ2v) is 9.21. The van der Waals surface area contributed by atoms with Gasteiger partial charge in [0, 0.05) is 37.6 Å². The molecule has 4 rings (SSSR count). The molecule has 1 aromatic carbocycles. The van der Waals surface area contributed by atoms with Gasteiger partial charge in [0.25, 0.3) is 0 Å². The first-order valence-electron chi connectivity index (χ1n) is 9.62. The Morgan fingerprint density at radius 1 is 1.14 bits per heavy atom. The number of nitrogens with zero attached hydrogens (tertiary/aromatic N) is 5. The minimum atomic E-state index is -3.28. The summed E-state index contributed by atoms with van der Waals surface area (Å²) in [6.45, 7) is 1.72. The van der Waals surface area contributed by atoms with Crippen molar-refractivity contribution in [3.63, 3.8) is 0 Å². The van der Waals surface area contributed by atoms with Crippen molar-refractivity contribution in [3.8, 4) is 0 Å². The molecule has 0 saturated carbocycles. The van der Waals surface area contributed by atoms with Gasteiger partial charge >= 0.3 is 0 Å². The molecule has 1 aliphatic rings. The van der Waals surface area contributed by atoms with Gasteiger partial charge in [-0.1, -0.05) is 6.42 Å². The predicted octanol–water partition coefficient (Wildman–Crippen LogP) is 2.40. The van der Waals surface area contributed by atoms with Crippen LogP contribution in [0.25, 0.3) is 10.9 Å². The van der Waals surface area contributed by atoms with Crippen molar-refractivity contribution in [1.29, 1.82) is 0 Å². The summed E-state index contributed by atoms with van der Waals surface area (Å²) in [4.78, 5) is 8.79. The summed E-state index contributed by atoms with van der Waals surface area (Å²) in [6, 6.07) is 4.92. The van der Waals surface area contributed by atoms with E-state index in [9.17, 15) is 8.42 Å². The zero-order valence-electron chi connectivity index (χ0n) is 15.9. The molecular formula is C19H24N6O2S. The summed E-state index contributed by atoms with van der Waals surface area (Å²) in [5.74, 6) is 2.80. The number of anilines is 1. The standard InChI is InChI=1S/C19H24N6O2S/c1-28(26,27)14-8-9-16-15(12-14)19(22-13-21-16)20-10-5-7-18-24-23-17-6-3-2-4-11-25(17)18/h8-9,12-13H,2-7,10-11H2,1H3,(H,20,21,22). The summed E-state index contributed by atoms with van der Waals surface area (Å²) in [7, 11) is -3.28. The van der Waals surface area contributed by atoms with Gasteiger partial charge in [-0.15, -0.1) is 10.2 Å². The van der Waals surface area contributed by atoms with Gasteiger partial charge in [-0.05, 0) is 37.5 Å². The maximum atomic E-state index is 11.8. The highest BCUT2D eigenvalue weighted by Crippen LogP contribution is 2.23. The number of rotatable bonds is 6. The van der Waals surface area contributed by atoms with Gasteiger partial charge in [-0.25, -0.2) is 18.4 Å². The van der Waals surface area contributed by atoms with Gasteiger partial charge in [-0.2, -0.15) is 0 Å². The fraction of sp³-hybridized carbons (Fsp3) is 0.474. The molecule has 148 valence electrons. The first kappa shape index (κ1) is 18.8. The number of nitrogens with one attached hydrogen (secondary N) is 1. The van der Waals surface area contributed by atoms with E-state index in [1.807, 2.05) is 0 Å². The fourth-order valence-electron chi connectivity index (χ4n) is 3.59. The molecule has 1 N–H and O–H groups in total. The van der Waals surface area contributed by atoms with E-state index in [0.29, 0.717) is 23.3 Å². The lowest BCUT2D eigenvalue weighted by atomic mass is 10.2. The quantitative estimate of drug-likeness (QED) is 0.634. The summed E-state index contributed by atoms with van der Waals surface area (Å²) >= 11 is 0. The highest BCUT2D eigenvalue weighted by Gasteiger charge is 2.14. The maximum Gasteiger partial charge on any atom is 0.175 e. The van der Waals surface area contributed by atoms with Crippen LogP contribution in [-0.2, 0) is 29.2 Å². The summed E-state index contributed by atoms with van der Waals surface area (Å²) in [6.07, 6.45) is 9.06. The van der Waals surface area contributed by atoms with Crippen molar-refractivity contribution in [2.24, 2.45) is 0 Å². The van der Waals surface area contributed by atoms with Crippen molar-refractivity contribution in [1.82, 2.24) is 24.7 Å². The zero-order chi connectivity index (χ0) is 19.6. The van der Waals surface area contributed by atoms with Crippen LogP contribution in [-0.4, -0.2) is 46.0 Å². The van der Waals surface area contributed by atoms with E-state index in [-0.39, 0.29) is 4.90 Å². The average Bonchev–Trinajstić information content (AvgIpc) is 2.90. The Morgan fingerprint density at radius 3 is 2.89 bits per heavy atom. The van der Waals surface area contributed by atoms with E-state index in [1.54, 1.807) is 18.2 Å². The molecule has 0 unspecified atom stereocenters. The number of aromatic nitrogens is 5. The molecule has 3 aromatic rings. The van der Waals surface area contributed by atoms with Gasteiger partial charge in [-0.3, -0.25) is 0 Å². The van der Waals surface area contributed by atoms with E-state index >= 15 is 0 Å². The Bertz CT molecular complexity index is 1090. The van der Waals surface area contributed by atoms with Crippen LogP contribution in [0.15, 0.2) is 29.4 Å². The number of sulfone groups is 1. The van der Waals surface area contributed by atoms with Gasteiger partial charge in [0.15, 0.2) is 9.84 Å². The molecule has 9 heteroatoms. The number of hydrogen-bond donors (Lipinski definition) is 1. The smallest absolute Gasteiger partial charge is 0.175 e. The number of fused-ring (bicyclic) bond motifs is 2. The lowest BCUT2D eigenvalue weighted by Crippen LogP contribution is -2.10. The lowest BCUT2D eigenvalue weighted by molar-refractivity contribution is 0.599. The van der Waals surface area contributed by atoms with Crippen molar-refractivity contribution in [2.75, 3.05) is 18.1 Å². The predicted molar refractivity (Wildman–Crippen MR) is 107 cm³/mol. The number of benzene rings is 1. The Hall–Kier alpha value is -2.55. The molecule has 0 bridgehead atoms. The normalized spacial score (nSPS) is 14.6. The number of aryl methyl sites for hydroxylation is 2. The molecular weight excluding hydrogens is 376 g/mol. The van der Waals surface area contributed by atoms with Crippen LogP contribution in [0.2, 0.25) is 0 Å². The topological polar surface area (TPSA) is 103 Å². The van der Waals surface area contributed by atoms with Crippen LogP contribution in [0.1, 0.15) is 37.3 Å². The van der Waals surface area contributed by atoms with Crippen LogP contribution in [0.3, 0.4) is 0 Å². The maximum absolute atomic E-state index is 11.8. The van der Waals surface area contributed by atoms with E-state index < -0.39 is 9.84 Å².